The summed E-state index contributed by atoms with van der Waals surface area (Å²) >= 11 is 6.02. The molecule has 0 aliphatic carbocycles. The minimum Gasteiger partial charge on any atom is -0.322 e. The smallest absolute Gasteiger partial charge is 0.322 e. The quantitative estimate of drug-likeness (QED) is 0.558. The molecule has 2 N–H and O–H groups in total. The number of nitro groups is 1. The van der Waals surface area contributed by atoms with Crippen molar-refractivity contribution in [3.05, 3.63) is 69.3 Å². The van der Waals surface area contributed by atoms with Crippen LogP contribution in [-0.2, 0) is 0 Å². The van der Waals surface area contributed by atoms with Gasteiger partial charge in [0.15, 0.2) is 0 Å². The van der Waals surface area contributed by atoms with Gasteiger partial charge in [-0.15, -0.1) is 0 Å². The number of hydrogen-bond acceptors (Lipinski definition) is 4. The number of rotatable bonds is 4. The minimum absolute atomic E-state index is 0.215. The molecule has 0 aliphatic rings. The van der Waals surface area contributed by atoms with Crippen LogP contribution in [0.2, 0.25) is 5.02 Å². The first kappa shape index (κ1) is 15.8. The summed E-state index contributed by atoms with van der Waals surface area (Å²) in [5.74, 6) is -0.679. The highest BCUT2D eigenvalue weighted by atomic mass is 35.5. The average Bonchev–Trinajstić information content (AvgIpc) is 3.18. The summed E-state index contributed by atoms with van der Waals surface area (Å²) < 4.78 is 1.77. The number of nitrogens with zero attached hydrogens (tertiary/aromatic N) is 3. The van der Waals surface area contributed by atoms with Gasteiger partial charge in [0.25, 0.3) is 5.91 Å². The Bertz CT molecular complexity index is 917. The maximum Gasteiger partial charge on any atom is 0.322 e. The summed E-state index contributed by atoms with van der Waals surface area (Å²) in [5, 5.41) is 20.4. The molecule has 0 aliphatic heterocycles. The van der Waals surface area contributed by atoms with E-state index in [1.807, 2.05) is 12.1 Å². The Morgan fingerprint density at radius 3 is 2.75 bits per heavy atom. The van der Waals surface area contributed by atoms with Gasteiger partial charge in [-0.05, 0) is 37.3 Å². The van der Waals surface area contributed by atoms with Crippen LogP contribution in [0.15, 0.2) is 42.7 Å². The lowest BCUT2D eigenvalue weighted by atomic mass is 10.2. The third-order valence-electron chi connectivity index (χ3n) is 3.40. The molecule has 0 atom stereocenters. The molecular formula is C15H12ClN5O3. The molecule has 122 valence electrons. The van der Waals surface area contributed by atoms with E-state index in [4.69, 9.17) is 11.6 Å². The van der Waals surface area contributed by atoms with Gasteiger partial charge in [-0.25, -0.2) is 0 Å². The first-order valence-corrected chi connectivity index (χ1v) is 7.29. The maximum absolute atomic E-state index is 12.4. The van der Waals surface area contributed by atoms with Gasteiger partial charge in [-0.2, -0.15) is 5.10 Å². The van der Waals surface area contributed by atoms with Crippen LogP contribution in [-0.4, -0.2) is 25.6 Å². The van der Waals surface area contributed by atoms with Crippen LogP contribution in [0.5, 0.6) is 0 Å². The fraction of sp³-hybridized carbons (Fsp3) is 0.0667. The van der Waals surface area contributed by atoms with Crippen molar-refractivity contribution in [2.75, 3.05) is 5.32 Å². The van der Waals surface area contributed by atoms with Crippen LogP contribution in [0.4, 0.5) is 11.4 Å². The highest BCUT2D eigenvalue weighted by Gasteiger charge is 2.27. The van der Waals surface area contributed by atoms with Crippen molar-refractivity contribution in [2.24, 2.45) is 0 Å². The van der Waals surface area contributed by atoms with Crippen molar-refractivity contribution < 1.29 is 9.72 Å². The van der Waals surface area contributed by atoms with Crippen molar-refractivity contribution in [1.82, 2.24) is 14.8 Å². The van der Waals surface area contributed by atoms with E-state index in [9.17, 15) is 14.9 Å². The number of carbonyl (C=O) groups is 1. The van der Waals surface area contributed by atoms with Crippen LogP contribution in [0, 0.1) is 17.0 Å². The second kappa shape index (κ2) is 6.17. The molecule has 9 heteroatoms. The van der Waals surface area contributed by atoms with Gasteiger partial charge in [-0.1, -0.05) is 11.6 Å². The molecule has 0 fully saturated rings. The Morgan fingerprint density at radius 2 is 2.08 bits per heavy atom. The number of anilines is 1. The zero-order chi connectivity index (χ0) is 17.3. The normalized spacial score (nSPS) is 10.6. The molecule has 1 amide bonds. The van der Waals surface area contributed by atoms with E-state index in [1.165, 1.54) is 6.92 Å². The first-order chi connectivity index (χ1) is 11.5. The molecule has 1 aromatic carbocycles. The van der Waals surface area contributed by atoms with E-state index in [1.54, 1.807) is 35.2 Å². The van der Waals surface area contributed by atoms with E-state index >= 15 is 0 Å². The SMILES string of the molecule is Cc1[nH]nc(C(=O)Nc2ccc(Cl)cc2-n2cccc2)c1[N+](=O)[O-]. The number of halogens is 1. The van der Waals surface area contributed by atoms with Crippen LogP contribution in [0.1, 0.15) is 16.2 Å². The van der Waals surface area contributed by atoms with Gasteiger partial charge in [0.05, 0.1) is 16.3 Å². The summed E-state index contributed by atoms with van der Waals surface area (Å²) in [4.78, 5) is 22.9. The number of aromatic amines is 1. The number of aryl methyl sites for hydroxylation is 1. The number of amides is 1. The Kier molecular flexibility index (Phi) is 4.05. The third kappa shape index (κ3) is 2.86. The fourth-order valence-corrected chi connectivity index (χ4v) is 2.47. The second-order valence-electron chi connectivity index (χ2n) is 5.01. The van der Waals surface area contributed by atoms with Gasteiger partial charge in [0, 0.05) is 17.4 Å². The van der Waals surface area contributed by atoms with E-state index in [2.05, 4.69) is 15.5 Å². The number of benzene rings is 1. The molecule has 2 heterocycles. The largest absolute Gasteiger partial charge is 0.322 e. The fourth-order valence-electron chi connectivity index (χ4n) is 2.31. The van der Waals surface area contributed by atoms with Gasteiger partial charge < -0.3 is 9.88 Å². The van der Waals surface area contributed by atoms with E-state index in [-0.39, 0.29) is 17.1 Å². The van der Waals surface area contributed by atoms with Gasteiger partial charge in [-0.3, -0.25) is 20.0 Å². The lowest BCUT2D eigenvalue weighted by Gasteiger charge is -2.12. The summed E-state index contributed by atoms with van der Waals surface area (Å²) in [5.41, 5.74) is 0.688. The second-order valence-corrected chi connectivity index (χ2v) is 5.45. The van der Waals surface area contributed by atoms with Crippen molar-refractivity contribution in [3.8, 4) is 5.69 Å². The standard InChI is InChI=1S/C15H12ClN5O3/c1-9-14(21(23)24)13(19-18-9)15(22)17-11-5-4-10(16)8-12(11)20-6-2-3-7-20/h2-8H,1H3,(H,17,22)(H,18,19). The van der Waals surface area contributed by atoms with Crippen molar-refractivity contribution in [1.29, 1.82) is 0 Å². The Balaban J connectivity index is 1.98. The number of hydrogen-bond donors (Lipinski definition) is 2. The lowest BCUT2D eigenvalue weighted by molar-refractivity contribution is -0.385. The molecule has 24 heavy (non-hydrogen) atoms. The van der Waals surface area contributed by atoms with Gasteiger partial charge in [0.1, 0.15) is 5.69 Å². The van der Waals surface area contributed by atoms with E-state index in [0.717, 1.165) is 0 Å². The summed E-state index contributed by atoms with van der Waals surface area (Å²) in [7, 11) is 0. The summed E-state index contributed by atoms with van der Waals surface area (Å²) in [6.07, 6.45) is 3.59. The minimum atomic E-state index is -0.679. The van der Waals surface area contributed by atoms with Crippen LogP contribution < -0.4 is 5.32 Å². The molecular weight excluding hydrogens is 334 g/mol. The van der Waals surface area contributed by atoms with Crippen molar-refractivity contribution >= 4 is 28.9 Å². The monoisotopic (exact) mass is 345 g/mol. The summed E-state index contributed by atoms with van der Waals surface area (Å²) in [6, 6.07) is 8.58. The zero-order valence-electron chi connectivity index (χ0n) is 12.5. The number of H-pyrrole nitrogens is 1. The van der Waals surface area contributed by atoms with Gasteiger partial charge >= 0.3 is 5.69 Å². The van der Waals surface area contributed by atoms with E-state index < -0.39 is 10.8 Å². The maximum atomic E-state index is 12.4. The van der Waals surface area contributed by atoms with Crippen LogP contribution >= 0.6 is 11.6 Å². The Morgan fingerprint density at radius 1 is 1.38 bits per heavy atom. The highest BCUT2D eigenvalue weighted by molar-refractivity contribution is 6.31. The average molecular weight is 346 g/mol. The van der Waals surface area contributed by atoms with Crippen LogP contribution in [0.25, 0.3) is 5.69 Å². The zero-order valence-corrected chi connectivity index (χ0v) is 13.2. The Hall–Kier alpha value is -3.13. The highest BCUT2D eigenvalue weighted by Crippen LogP contribution is 2.27. The molecule has 0 spiro atoms. The topological polar surface area (TPSA) is 106 Å². The molecule has 0 bridgehead atoms. The molecule has 0 saturated carbocycles. The van der Waals surface area contributed by atoms with E-state index in [0.29, 0.717) is 16.4 Å². The van der Waals surface area contributed by atoms with Crippen molar-refractivity contribution in [2.45, 2.75) is 6.92 Å². The molecule has 0 saturated heterocycles. The number of nitrogens with one attached hydrogen (secondary N) is 2. The molecule has 0 radical (unpaired) electrons. The first-order valence-electron chi connectivity index (χ1n) is 6.91. The summed E-state index contributed by atoms with van der Waals surface area (Å²) in [6.45, 7) is 1.48. The molecule has 3 rings (SSSR count). The molecule has 8 nitrogen and oxygen atoms in total. The lowest BCUT2D eigenvalue weighted by Crippen LogP contribution is -2.15. The molecule has 3 aromatic rings. The number of carbonyl (C=O) groups excluding carboxylic acids is 1. The third-order valence-corrected chi connectivity index (χ3v) is 3.64. The van der Waals surface area contributed by atoms with Crippen molar-refractivity contribution in [3.63, 3.8) is 0 Å². The predicted octanol–water partition coefficient (Wildman–Crippen LogP) is 3.32. The van der Waals surface area contributed by atoms with Crippen LogP contribution in [0.3, 0.4) is 0 Å². The Labute approximate surface area is 141 Å². The predicted molar refractivity (Wildman–Crippen MR) is 88.7 cm³/mol. The molecule has 0 unspecified atom stereocenters. The number of aromatic nitrogens is 3. The molecule has 2 aromatic heterocycles. The van der Waals surface area contributed by atoms with Gasteiger partial charge in [0.2, 0.25) is 5.69 Å².